The van der Waals surface area contributed by atoms with Gasteiger partial charge in [-0.3, -0.25) is 0 Å². The molecule has 7 nitrogen and oxygen atoms in total. The Morgan fingerprint density at radius 1 is 1.22 bits per heavy atom. The van der Waals surface area contributed by atoms with E-state index in [-0.39, 0.29) is 13.2 Å². The van der Waals surface area contributed by atoms with Gasteiger partial charge in [0.2, 0.25) is 0 Å². The monoisotopic (exact) mass is 370 g/mol. The van der Waals surface area contributed by atoms with Gasteiger partial charge in [-0.15, -0.1) is 0 Å². The fourth-order valence-electron chi connectivity index (χ4n) is 2.59. The van der Waals surface area contributed by atoms with E-state index >= 15 is 0 Å². The highest BCUT2D eigenvalue weighted by Crippen LogP contribution is 2.36. The molecule has 2 aromatic rings. The second kappa shape index (κ2) is 8.92. The normalized spacial score (nSPS) is 12.5. The van der Waals surface area contributed by atoms with Crippen LogP contribution in [0, 0.1) is 11.3 Å². The molecule has 2 aromatic carbocycles. The molecule has 1 atom stereocenters. The van der Waals surface area contributed by atoms with Gasteiger partial charge >= 0.3 is 5.97 Å². The van der Waals surface area contributed by atoms with E-state index in [0.717, 1.165) is 0 Å². The van der Waals surface area contributed by atoms with Crippen molar-refractivity contribution >= 4 is 11.7 Å². The maximum Gasteiger partial charge on any atom is 0.333 e. The van der Waals surface area contributed by atoms with Gasteiger partial charge in [0.1, 0.15) is 18.1 Å². The first-order valence-electron chi connectivity index (χ1n) is 8.47. The van der Waals surface area contributed by atoms with E-state index in [1.807, 2.05) is 13.0 Å². The summed E-state index contributed by atoms with van der Waals surface area (Å²) in [4.78, 5) is 12.2. The molecular formula is C20H22N2O5. The number of rotatable bonds is 9. The highest BCUT2D eigenvalue weighted by Gasteiger charge is 2.38. The first-order chi connectivity index (χ1) is 12.9. The van der Waals surface area contributed by atoms with Crippen LogP contribution >= 0.6 is 0 Å². The Kier molecular flexibility index (Phi) is 6.63. The molecule has 0 spiro atoms. The SMILES string of the molecule is CCOc1ccc(OCCO)c(C(C)(Nc2ccc(C#N)cc2)C(=O)O)c1. The second-order valence-electron chi connectivity index (χ2n) is 5.91. The number of carbonyl (C=O) groups is 1. The highest BCUT2D eigenvalue weighted by molar-refractivity contribution is 5.85. The molecule has 0 bridgehead atoms. The highest BCUT2D eigenvalue weighted by atomic mass is 16.5. The number of aliphatic hydroxyl groups is 1. The third-order valence-electron chi connectivity index (χ3n) is 3.99. The maximum absolute atomic E-state index is 12.2. The zero-order valence-electron chi connectivity index (χ0n) is 15.2. The molecule has 0 fully saturated rings. The first-order valence-corrected chi connectivity index (χ1v) is 8.47. The van der Waals surface area contributed by atoms with Crippen LogP contribution in [0.1, 0.15) is 25.0 Å². The lowest BCUT2D eigenvalue weighted by Crippen LogP contribution is -2.41. The number of aliphatic hydroxyl groups excluding tert-OH is 1. The van der Waals surface area contributed by atoms with Crippen LogP contribution in [0.25, 0.3) is 0 Å². The summed E-state index contributed by atoms with van der Waals surface area (Å²) in [7, 11) is 0. The number of nitriles is 1. The number of hydrogen-bond donors (Lipinski definition) is 3. The van der Waals surface area contributed by atoms with Crippen molar-refractivity contribution in [1.82, 2.24) is 0 Å². The Balaban J connectivity index is 2.49. The van der Waals surface area contributed by atoms with Crippen molar-refractivity contribution in [3.8, 4) is 17.6 Å². The zero-order valence-corrected chi connectivity index (χ0v) is 15.2. The molecule has 0 aliphatic carbocycles. The maximum atomic E-state index is 12.2. The van der Waals surface area contributed by atoms with E-state index in [9.17, 15) is 9.90 Å². The molecular weight excluding hydrogens is 348 g/mol. The van der Waals surface area contributed by atoms with Crippen LogP contribution in [-0.4, -0.2) is 36.0 Å². The minimum Gasteiger partial charge on any atom is -0.494 e. The number of carboxylic acids is 1. The summed E-state index contributed by atoms with van der Waals surface area (Å²) in [6, 6.07) is 13.4. The molecule has 142 valence electrons. The first kappa shape index (κ1) is 20.1. The van der Waals surface area contributed by atoms with E-state index in [1.54, 1.807) is 42.5 Å². The third kappa shape index (κ3) is 4.68. The van der Waals surface area contributed by atoms with Crippen LogP contribution in [0.4, 0.5) is 5.69 Å². The molecule has 27 heavy (non-hydrogen) atoms. The number of aliphatic carboxylic acids is 1. The lowest BCUT2D eigenvalue weighted by Gasteiger charge is -2.30. The topological polar surface area (TPSA) is 112 Å². The molecule has 1 unspecified atom stereocenters. The number of nitrogens with one attached hydrogen (secondary N) is 1. The van der Waals surface area contributed by atoms with Crippen LogP contribution in [0.3, 0.4) is 0 Å². The molecule has 2 rings (SSSR count). The summed E-state index contributed by atoms with van der Waals surface area (Å²) in [5.74, 6) is -0.272. The second-order valence-corrected chi connectivity index (χ2v) is 5.91. The molecule has 7 heteroatoms. The van der Waals surface area contributed by atoms with Gasteiger partial charge in [-0.1, -0.05) is 0 Å². The Labute approximate surface area is 157 Å². The number of carboxylic acid groups (broad SMARTS) is 1. The number of nitrogens with zero attached hydrogens (tertiary/aromatic N) is 1. The van der Waals surface area contributed by atoms with Crippen LogP contribution in [0.15, 0.2) is 42.5 Å². The average molecular weight is 370 g/mol. The van der Waals surface area contributed by atoms with Crippen molar-refractivity contribution < 1.29 is 24.5 Å². The van der Waals surface area contributed by atoms with Crippen LogP contribution < -0.4 is 14.8 Å². The smallest absolute Gasteiger partial charge is 0.333 e. The number of ether oxygens (including phenoxy) is 2. The molecule has 0 saturated carbocycles. The van der Waals surface area contributed by atoms with Crippen LogP contribution in [-0.2, 0) is 10.3 Å². The Bertz CT molecular complexity index is 829. The van der Waals surface area contributed by atoms with Gasteiger partial charge in [0, 0.05) is 11.3 Å². The zero-order chi connectivity index (χ0) is 19.9. The molecule has 0 radical (unpaired) electrons. The Morgan fingerprint density at radius 2 is 1.93 bits per heavy atom. The molecule has 0 amide bonds. The summed E-state index contributed by atoms with van der Waals surface area (Å²) >= 11 is 0. The average Bonchev–Trinajstić information content (AvgIpc) is 2.67. The van der Waals surface area contributed by atoms with E-state index < -0.39 is 11.5 Å². The largest absolute Gasteiger partial charge is 0.494 e. The molecule has 0 aliphatic heterocycles. The van der Waals surface area contributed by atoms with Crippen molar-refractivity contribution in [2.24, 2.45) is 0 Å². The minimum atomic E-state index is -1.54. The number of hydrogen-bond acceptors (Lipinski definition) is 6. The van der Waals surface area contributed by atoms with Crippen LogP contribution in [0.5, 0.6) is 11.5 Å². The number of anilines is 1. The standard InChI is InChI=1S/C20H22N2O5/c1-3-26-16-8-9-18(27-11-10-23)17(12-16)20(2,19(24)25)22-15-6-4-14(13-21)5-7-15/h4-9,12,22-23H,3,10-11H2,1-2H3,(H,24,25). The lowest BCUT2D eigenvalue weighted by atomic mass is 9.90. The molecule has 0 saturated heterocycles. The molecule has 3 N–H and O–H groups in total. The quantitative estimate of drug-likeness (QED) is 0.622. The van der Waals surface area contributed by atoms with Gasteiger partial charge in [-0.05, 0) is 56.3 Å². The van der Waals surface area contributed by atoms with Gasteiger partial charge in [-0.25, -0.2) is 4.79 Å². The third-order valence-corrected chi connectivity index (χ3v) is 3.99. The summed E-state index contributed by atoms with van der Waals surface area (Å²) in [5.41, 5.74) is -0.165. The fourth-order valence-corrected chi connectivity index (χ4v) is 2.59. The summed E-state index contributed by atoms with van der Waals surface area (Å²) in [6.45, 7) is 3.63. The van der Waals surface area contributed by atoms with Crippen molar-refractivity contribution in [2.75, 3.05) is 25.1 Å². The van der Waals surface area contributed by atoms with Gasteiger partial charge in [-0.2, -0.15) is 5.26 Å². The number of benzene rings is 2. The van der Waals surface area contributed by atoms with E-state index in [1.165, 1.54) is 6.92 Å². The predicted molar refractivity (Wildman–Crippen MR) is 100.0 cm³/mol. The molecule has 0 aromatic heterocycles. The van der Waals surface area contributed by atoms with Crippen LogP contribution in [0.2, 0.25) is 0 Å². The van der Waals surface area contributed by atoms with E-state index in [2.05, 4.69) is 5.32 Å². The summed E-state index contributed by atoms with van der Waals surface area (Å²) < 4.78 is 11.0. The summed E-state index contributed by atoms with van der Waals surface area (Å²) in [5, 5.41) is 30.9. The Morgan fingerprint density at radius 3 is 2.48 bits per heavy atom. The van der Waals surface area contributed by atoms with E-state index in [4.69, 9.17) is 19.8 Å². The minimum absolute atomic E-state index is 0.0353. The van der Waals surface area contributed by atoms with Crippen molar-refractivity contribution in [3.05, 3.63) is 53.6 Å². The van der Waals surface area contributed by atoms with Gasteiger partial charge in [0.25, 0.3) is 0 Å². The van der Waals surface area contributed by atoms with Crippen molar-refractivity contribution in [2.45, 2.75) is 19.4 Å². The van der Waals surface area contributed by atoms with Gasteiger partial charge < -0.3 is 25.0 Å². The van der Waals surface area contributed by atoms with Crippen molar-refractivity contribution in [1.29, 1.82) is 5.26 Å². The molecule has 0 heterocycles. The van der Waals surface area contributed by atoms with Gasteiger partial charge in [0.15, 0.2) is 5.54 Å². The fraction of sp³-hybridized carbons (Fsp3) is 0.300. The summed E-state index contributed by atoms with van der Waals surface area (Å²) in [6.07, 6.45) is 0. The van der Waals surface area contributed by atoms with E-state index in [0.29, 0.717) is 34.9 Å². The molecule has 0 aliphatic rings. The van der Waals surface area contributed by atoms with Gasteiger partial charge in [0.05, 0.1) is 24.8 Å². The lowest BCUT2D eigenvalue weighted by molar-refractivity contribution is -0.142. The Hall–Kier alpha value is -3.24. The predicted octanol–water partition coefficient (Wildman–Crippen LogP) is 2.74. The van der Waals surface area contributed by atoms with Crippen molar-refractivity contribution in [3.63, 3.8) is 0 Å².